The third-order valence-corrected chi connectivity index (χ3v) is 2.42. The Morgan fingerprint density at radius 3 is 3.36 bits per heavy atom. The van der Waals surface area contributed by atoms with E-state index in [9.17, 15) is 0 Å². The van der Waals surface area contributed by atoms with Crippen LogP contribution in [0, 0.1) is 0 Å². The molecular formula is C6H9BrN4. The molecule has 1 aromatic heterocycles. The Hall–Kier alpha value is -0.420. The Balaban J connectivity index is 2.35. The van der Waals surface area contributed by atoms with Crippen molar-refractivity contribution in [3.05, 3.63) is 10.3 Å². The summed E-state index contributed by atoms with van der Waals surface area (Å²) in [4.78, 5) is 0. The monoisotopic (exact) mass is 216 g/mol. The van der Waals surface area contributed by atoms with Gasteiger partial charge in [-0.1, -0.05) is 5.21 Å². The SMILES string of the molecule is Brc1nnn2c1CNCCC2. The standard InChI is InChI=1S/C6H9BrN4/c7-6-5-4-8-2-1-3-11(5)10-9-6/h8H,1-4H2. The molecule has 0 aliphatic carbocycles. The molecular weight excluding hydrogens is 208 g/mol. The summed E-state index contributed by atoms with van der Waals surface area (Å²) in [6, 6.07) is 0. The lowest BCUT2D eigenvalue weighted by molar-refractivity contribution is 0.566. The highest BCUT2D eigenvalue weighted by Crippen LogP contribution is 2.14. The topological polar surface area (TPSA) is 42.7 Å². The van der Waals surface area contributed by atoms with E-state index in [0.717, 1.165) is 36.4 Å². The first-order valence-corrected chi connectivity index (χ1v) is 4.46. The molecule has 0 fully saturated rings. The van der Waals surface area contributed by atoms with Gasteiger partial charge in [-0.15, -0.1) is 5.10 Å². The van der Waals surface area contributed by atoms with Crippen LogP contribution in [0.15, 0.2) is 4.60 Å². The van der Waals surface area contributed by atoms with Gasteiger partial charge in [-0.3, -0.25) is 0 Å². The maximum atomic E-state index is 4.00. The molecule has 0 spiro atoms. The molecule has 0 saturated carbocycles. The van der Waals surface area contributed by atoms with Crippen molar-refractivity contribution < 1.29 is 0 Å². The molecule has 1 N–H and O–H groups in total. The Kier molecular flexibility index (Phi) is 1.91. The van der Waals surface area contributed by atoms with E-state index < -0.39 is 0 Å². The van der Waals surface area contributed by atoms with Gasteiger partial charge in [0, 0.05) is 13.1 Å². The quantitative estimate of drug-likeness (QED) is 0.689. The Bertz CT molecular complexity index is 257. The number of halogens is 1. The van der Waals surface area contributed by atoms with Gasteiger partial charge in [0.15, 0.2) is 4.60 Å². The van der Waals surface area contributed by atoms with Crippen LogP contribution in [-0.4, -0.2) is 21.5 Å². The number of nitrogens with one attached hydrogen (secondary N) is 1. The van der Waals surface area contributed by atoms with Crippen LogP contribution in [-0.2, 0) is 13.1 Å². The molecule has 0 atom stereocenters. The van der Waals surface area contributed by atoms with Gasteiger partial charge in [-0.25, -0.2) is 4.68 Å². The normalized spacial score (nSPS) is 17.5. The van der Waals surface area contributed by atoms with E-state index in [1.54, 1.807) is 0 Å². The predicted molar refractivity (Wildman–Crippen MR) is 44.0 cm³/mol. The van der Waals surface area contributed by atoms with Gasteiger partial charge in [-0.2, -0.15) is 0 Å². The number of rotatable bonds is 0. The predicted octanol–water partition coefficient (Wildman–Crippen LogP) is 0.534. The van der Waals surface area contributed by atoms with Gasteiger partial charge in [0.1, 0.15) is 0 Å². The molecule has 0 unspecified atom stereocenters. The first kappa shape index (κ1) is 7.24. The first-order chi connectivity index (χ1) is 5.38. The van der Waals surface area contributed by atoms with Crippen LogP contribution in [0.4, 0.5) is 0 Å². The van der Waals surface area contributed by atoms with E-state index in [1.807, 2.05) is 4.68 Å². The van der Waals surface area contributed by atoms with Crippen LogP contribution in [0.3, 0.4) is 0 Å². The average Bonchev–Trinajstić information content (AvgIpc) is 2.25. The van der Waals surface area contributed by atoms with Crippen molar-refractivity contribution >= 4 is 15.9 Å². The zero-order valence-electron chi connectivity index (χ0n) is 6.05. The summed E-state index contributed by atoms with van der Waals surface area (Å²) in [6.07, 6.45) is 1.13. The van der Waals surface area contributed by atoms with Gasteiger partial charge >= 0.3 is 0 Å². The smallest absolute Gasteiger partial charge is 0.152 e. The van der Waals surface area contributed by atoms with Crippen LogP contribution in [0.2, 0.25) is 0 Å². The highest BCUT2D eigenvalue weighted by Gasteiger charge is 2.11. The molecule has 60 valence electrons. The van der Waals surface area contributed by atoms with Gasteiger partial charge < -0.3 is 5.32 Å². The van der Waals surface area contributed by atoms with Crippen molar-refractivity contribution in [1.82, 2.24) is 20.3 Å². The molecule has 0 saturated heterocycles. The minimum atomic E-state index is 0.868. The zero-order valence-corrected chi connectivity index (χ0v) is 7.63. The molecule has 0 aromatic carbocycles. The number of hydrogen-bond acceptors (Lipinski definition) is 3. The zero-order chi connectivity index (χ0) is 7.68. The fourth-order valence-corrected chi connectivity index (χ4v) is 1.63. The molecule has 0 bridgehead atoms. The third kappa shape index (κ3) is 1.30. The second-order valence-electron chi connectivity index (χ2n) is 2.58. The van der Waals surface area contributed by atoms with Crippen LogP contribution < -0.4 is 5.32 Å². The summed E-state index contributed by atoms with van der Waals surface area (Å²) in [5.74, 6) is 0. The molecule has 0 amide bonds. The van der Waals surface area contributed by atoms with E-state index in [2.05, 4.69) is 31.6 Å². The van der Waals surface area contributed by atoms with Crippen molar-refractivity contribution in [2.45, 2.75) is 19.5 Å². The number of nitrogens with zero attached hydrogens (tertiary/aromatic N) is 3. The molecule has 1 aromatic rings. The molecule has 1 aliphatic heterocycles. The number of fused-ring (bicyclic) bond motifs is 1. The van der Waals surface area contributed by atoms with Gasteiger partial charge in [-0.05, 0) is 28.9 Å². The second kappa shape index (κ2) is 2.91. The second-order valence-corrected chi connectivity index (χ2v) is 3.33. The van der Waals surface area contributed by atoms with Crippen molar-refractivity contribution in [2.24, 2.45) is 0 Å². The molecule has 4 nitrogen and oxygen atoms in total. The van der Waals surface area contributed by atoms with Crippen LogP contribution in [0.1, 0.15) is 12.1 Å². The van der Waals surface area contributed by atoms with E-state index in [0.29, 0.717) is 0 Å². The number of aromatic nitrogens is 3. The maximum absolute atomic E-state index is 4.00. The summed E-state index contributed by atoms with van der Waals surface area (Å²) in [6.45, 7) is 2.91. The van der Waals surface area contributed by atoms with Crippen molar-refractivity contribution in [2.75, 3.05) is 6.54 Å². The van der Waals surface area contributed by atoms with E-state index in [4.69, 9.17) is 0 Å². The van der Waals surface area contributed by atoms with Gasteiger partial charge in [0.2, 0.25) is 0 Å². The highest BCUT2D eigenvalue weighted by molar-refractivity contribution is 9.10. The molecule has 1 aliphatic rings. The molecule has 2 heterocycles. The highest BCUT2D eigenvalue weighted by atomic mass is 79.9. The number of aryl methyl sites for hydroxylation is 1. The molecule has 11 heavy (non-hydrogen) atoms. The van der Waals surface area contributed by atoms with E-state index >= 15 is 0 Å². The summed E-state index contributed by atoms with van der Waals surface area (Å²) in [5.41, 5.74) is 1.16. The summed E-state index contributed by atoms with van der Waals surface area (Å²) >= 11 is 3.35. The minimum Gasteiger partial charge on any atom is -0.311 e. The summed E-state index contributed by atoms with van der Waals surface area (Å²) in [7, 11) is 0. The van der Waals surface area contributed by atoms with Gasteiger partial charge in [0.25, 0.3) is 0 Å². The van der Waals surface area contributed by atoms with E-state index in [1.165, 1.54) is 0 Å². The molecule has 2 rings (SSSR count). The first-order valence-electron chi connectivity index (χ1n) is 3.66. The van der Waals surface area contributed by atoms with Crippen molar-refractivity contribution in [1.29, 1.82) is 0 Å². The summed E-state index contributed by atoms with van der Waals surface area (Å²) < 4.78 is 2.82. The lowest BCUT2D eigenvalue weighted by Gasteiger charge is -1.97. The van der Waals surface area contributed by atoms with Crippen LogP contribution in [0.25, 0.3) is 0 Å². The maximum Gasteiger partial charge on any atom is 0.152 e. The van der Waals surface area contributed by atoms with Gasteiger partial charge in [0.05, 0.1) is 5.69 Å². The fraction of sp³-hybridized carbons (Fsp3) is 0.667. The average molecular weight is 217 g/mol. The Morgan fingerprint density at radius 2 is 2.45 bits per heavy atom. The minimum absolute atomic E-state index is 0.868. The van der Waals surface area contributed by atoms with Crippen LogP contribution in [0.5, 0.6) is 0 Å². The Labute approximate surface area is 73.1 Å². The lowest BCUT2D eigenvalue weighted by atomic mass is 10.4. The van der Waals surface area contributed by atoms with Crippen molar-refractivity contribution in [3.8, 4) is 0 Å². The number of hydrogen-bond donors (Lipinski definition) is 1. The Morgan fingerprint density at radius 1 is 1.55 bits per heavy atom. The van der Waals surface area contributed by atoms with Crippen molar-refractivity contribution in [3.63, 3.8) is 0 Å². The fourth-order valence-electron chi connectivity index (χ4n) is 1.22. The molecule has 0 radical (unpaired) electrons. The summed E-state index contributed by atoms with van der Waals surface area (Å²) in [5, 5.41) is 11.2. The largest absolute Gasteiger partial charge is 0.311 e. The van der Waals surface area contributed by atoms with Crippen LogP contribution >= 0.6 is 15.9 Å². The van der Waals surface area contributed by atoms with E-state index in [-0.39, 0.29) is 0 Å². The third-order valence-electron chi connectivity index (χ3n) is 1.81. The molecule has 5 heteroatoms. The lowest BCUT2D eigenvalue weighted by Crippen LogP contribution is -2.12.